The van der Waals surface area contributed by atoms with Gasteiger partial charge in [0, 0.05) is 12.0 Å². The number of carbonyl (C=O) groups excluding carboxylic acids is 1. The van der Waals surface area contributed by atoms with E-state index in [0.717, 1.165) is 24.8 Å². The molecule has 0 radical (unpaired) electrons. The average Bonchev–Trinajstić information content (AvgIpc) is 2.40. The van der Waals surface area contributed by atoms with Crippen molar-refractivity contribution in [1.82, 2.24) is 4.98 Å². The molecule has 0 amide bonds. The van der Waals surface area contributed by atoms with Gasteiger partial charge in [-0.2, -0.15) is 4.40 Å². The van der Waals surface area contributed by atoms with Gasteiger partial charge in [0.2, 0.25) is 0 Å². The van der Waals surface area contributed by atoms with Crippen molar-refractivity contribution < 1.29 is 14.3 Å². The van der Waals surface area contributed by atoms with Gasteiger partial charge in [-0.05, 0) is 25.5 Å². The number of aryl methyl sites for hydroxylation is 1. The molecule has 0 aliphatic heterocycles. The standard InChI is InChI=1S/C15H18N2O3/c1-3-4-5-8-11(18)12-14(19)16-13-10(2)7-6-9-17(13)15(12)20/h6-7,9H,3-5,8H2,1-2H3,(H,18,19,20)/p+1. The molecule has 5 nitrogen and oxygen atoms in total. The Bertz CT molecular complexity index is 704. The largest absolute Gasteiger partial charge is 0.477 e. The highest BCUT2D eigenvalue weighted by Crippen LogP contribution is 2.13. The van der Waals surface area contributed by atoms with E-state index in [-0.39, 0.29) is 23.6 Å². The van der Waals surface area contributed by atoms with E-state index in [0.29, 0.717) is 5.65 Å². The number of H-pyrrole nitrogens is 1. The molecular weight excluding hydrogens is 256 g/mol. The number of fused-ring (bicyclic) bond motifs is 1. The molecule has 2 N–H and O–H groups in total. The van der Waals surface area contributed by atoms with Crippen molar-refractivity contribution in [3.8, 4) is 5.88 Å². The fraction of sp³-hybridized carbons (Fsp3) is 0.400. The zero-order chi connectivity index (χ0) is 14.7. The van der Waals surface area contributed by atoms with Crippen LogP contribution in [-0.4, -0.2) is 15.9 Å². The van der Waals surface area contributed by atoms with E-state index in [1.165, 1.54) is 4.40 Å². The second-order valence-electron chi connectivity index (χ2n) is 4.94. The summed E-state index contributed by atoms with van der Waals surface area (Å²) in [5.74, 6) is -0.595. The molecule has 0 aromatic carbocycles. The SMILES string of the molecule is CCCCCC(=O)c1c(O)[n+]2cccc(C)c2[nH]c1=O. The lowest BCUT2D eigenvalue weighted by Gasteiger charge is -2.03. The number of aromatic amines is 1. The third kappa shape index (κ3) is 2.57. The van der Waals surface area contributed by atoms with E-state index >= 15 is 0 Å². The molecular formula is C15H19N2O3+. The lowest BCUT2D eigenvalue weighted by Crippen LogP contribution is -2.33. The summed E-state index contributed by atoms with van der Waals surface area (Å²) in [6.07, 6.45) is 4.56. The number of aromatic hydroxyl groups is 1. The average molecular weight is 275 g/mol. The van der Waals surface area contributed by atoms with Crippen LogP contribution in [-0.2, 0) is 0 Å². The summed E-state index contributed by atoms with van der Waals surface area (Å²) in [7, 11) is 0. The van der Waals surface area contributed by atoms with Crippen LogP contribution >= 0.6 is 0 Å². The Morgan fingerprint density at radius 2 is 2.15 bits per heavy atom. The van der Waals surface area contributed by atoms with Gasteiger partial charge in [0.15, 0.2) is 11.3 Å². The molecule has 0 atom stereocenters. The van der Waals surface area contributed by atoms with Crippen LogP contribution in [0.25, 0.3) is 5.65 Å². The van der Waals surface area contributed by atoms with Crippen LogP contribution < -0.4 is 9.96 Å². The molecule has 2 heterocycles. The van der Waals surface area contributed by atoms with Crippen LogP contribution in [0.1, 0.15) is 48.5 Å². The van der Waals surface area contributed by atoms with Gasteiger partial charge in [0.25, 0.3) is 5.65 Å². The van der Waals surface area contributed by atoms with E-state index in [9.17, 15) is 14.7 Å². The monoisotopic (exact) mass is 275 g/mol. The van der Waals surface area contributed by atoms with Gasteiger partial charge in [0.1, 0.15) is 0 Å². The Hall–Kier alpha value is -2.17. The highest BCUT2D eigenvalue weighted by Gasteiger charge is 2.24. The highest BCUT2D eigenvalue weighted by molar-refractivity contribution is 5.97. The number of carbonyl (C=O) groups is 1. The first-order valence-corrected chi connectivity index (χ1v) is 6.85. The van der Waals surface area contributed by atoms with Gasteiger partial charge < -0.3 is 5.11 Å². The van der Waals surface area contributed by atoms with Crippen molar-refractivity contribution >= 4 is 11.4 Å². The maximum Gasteiger partial charge on any atom is 0.350 e. The summed E-state index contributed by atoms with van der Waals surface area (Å²) in [5.41, 5.74) is 0.646. The Morgan fingerprint density at radius 3 is 2.85 bits per heavy atom. The topological polar surface area (TPSA) is 74.3 Å². The molecule has 106 valence electrons. The smallest absolute Gasteiger partial charge is 0.350 e. The molecule has 5 heteroatoms. The zero-order valence-corrected chi connectivity index (χ0v) is 11.8. The van der Waals surface area contributed by atoms with Crippen molar-refractivity contribution in [2.75, 3.05) is 0 Å². The Morgan fingerprint density at radius 1 is 1.40 bits per heavy atom. The van der Waals surface area contributed by atoms with Crippen molar-refractivity contribution in [2.45, 2.75) is 39.5 Å². The number of nitrogens with zero attached hydrogens (tertiary/aromatic N) is 1. The minimum absolute atomic E-state index is 0.149. The first-order chi connectivity index (χ1) is 9.56. The van der Waals surface area contributed by atoms with Crippen molar-refractivity contribution in [1.29, 1.82) is 0 Å². The zero-order valence-electron chi connectivity index (χ0n) is 11.8. The van der Waals surface area contributed by atoms with Crippen molar-refractivity contribution in [3.05, 3.63) is 39.8 Å². The van der Waals surface area contributed by atoms with Gasteiger partial charge >= 0.3 is 11.4 Å². The summed E-state index contributed by atoms with van der Waals surface area (Å²) in [4.78, 5) is 26.8. The summed E-state index contributed by atoms with van der Waals surface area (Å²) in [6.45, 7) is 3.87. The molecule has 0 bridgehead atoms. The molecule has 0 spiro atoms. The van der Waals surface area contributed by atoms with E-state index in [2.05, 4.69) is 4.98 Å². The summed E-state index contributed by atoms with van der Waals surface area (Å²) in [5, 5.41) is 10.2. The second-order valence-corrected chi connectivity index (χ2v) is 4.94. The van der Waals surface area contributed by atoms with Crippen LogP contribution in [0.5, 0.6) is 5.88 Å². The lowest BCUT2D eigenvalue weighted by atomic mass is 10.1. The molecule has 20 heavy (non-hydrogen) atoms. The molecule has 2 rings (SSSR count). The predicted octanol–water partition coefficient (Wildman–Crippen LogP) is 1.89. The molecule has 0 fully saturated rings. The first-order valence-electron chi connectivity index (χ1n) is 6.85. The van der Waals surface area contributed by atoms with E-state index in [1.807, 2.05) is 19.9 Å². The Balaban J connectivity index is 2.49. The number of ketones is 1. The van der Waals surface area contributed by atoms with E-state index in [4.69, 9.17) is 0 Å². The van der Waals surface area contributed by atoms with Crippen LogP contribution in [0.15, 0.2) is 23.1 Å². The van der Waals surface area contributed by atoms with E-state index < -0.39 is 5.56 Å². The molecule has 2 aromatic heterocycles. The molecule has 0 unspecified atom stereocenters. The van der Waals surface area contributed by atoms with Gasteiger partial charge in [-0.25, -0.2) is 9.78 Å². The fourth-order valence-electron chi connectivity index (χ4n) is 2.26. The van der Waals surface area contributed by atoms with Gasteiger partial charge in [-0.1, -0.05) is 19.8 Å². The number of hydrogen-bond donors (Lipinski definition) is 2. The lowest BCUT2D eigenvalue weighted by molar-refractivity contribution is -0.526. The van der Waals surface area contributed by atoms with Gasteiger partial charge in [-0.3, -0.25) is 4.79 Å². The number of hydrogen-bond acceptors (Lipinski definition) is 3. The number of aromatic nitrogens is 2. The fourth-order valence-corrected chi connectivity index (χ4v) is 2.26. The van der Waals surface area contributed by atoms with Crippen molar-refractivity contribution in [3.63, 3.8) is 0 Å². The van der Waals surface area contributed by atoms with E-state index in [1.54, 1.807) is 12.3 Å². The predicted molar refractivity (Wildman–Crippen MR) is 75.1 cm³/mol. The third-order valence-corrected chi connectivity index (χ3v) is 3.39. The van der Waals surface area contributed by atoms with Crippen molar-refractivity contribution in [2.24, 2.45) is 0 Å². The number of rotatable bonds is 5. The third-order valence-electron chi connectivity index (χ3n) is 3.39. The summed E-state index contributed by atoms with van der Waals surface area (Å²) >= 11 is 0. The second kappa shape index (κ2) is 5.86. The molecule has 2 aromatic rings. The first kappa shape index (κ1) is 14.2. The minimum Gasteiger partial charge on any atom is -0.477 e. The number of unbranched alkanes of at least 4 members (excludes halogenated alkanes) is 2. The molecule has 0 saturated carbocycles. The number of Topliss-reactive ketones (excluding diaryl/α,β-unsaturated/α-hetero) is 1. The number of pyridine rings is 1. The number of nitrogens with one attached hydrogen (secondary N) is 1. The quantitative estimate of drug-likeness (QED) is 0.497. The Labute approximate surface area is 116 Å². The van der Waals surface area contributed by atoms with Crippen LogP contribution in [0.2, 0.25) is 0 Å². The minimum atomic E-state index is -0.529. The van der Waals surface area contributed by atoms with Gasteiger partial charge in [-0.15, -0.1) is 0 Å². The maximum atomic E-state index is 12.1. The van der Waals surface area contributed by atoms with Crippen LogP contribution in [0, 0.1) is 6.92 Å². The van der Waals surface area contributed by atoms with Gasteiger partial charge in [0.05, 0.1) is 6.20 Å². The van der Waals surface area contributed by atoms with Crippen LogP contribution in [0.4, 0.5) is 0 Å². The molecule has 0 aliphatic rings. The normalized spacial score (nSPS) is 10.9. The molecule has 0 saturated heterocycles. The highest BCUT2D eigenvalue weighted by atomic mass is 16.3. The molecule has 0 aliphatic carbocycles. The summed E-state index contributed by atoms with van der Waals surface area (Å²) in [6, 6.07) is 3.58. The van der Waals surface area contributed by atoms with Crippen LogP contribution in [0.3, 0.4) is 0 Å². The summed E-state index contributed by atoms with van der Waals surface area (Å²) < 4.78 is 1.43. The maximum absolute atomic E-state index is 12.1. The Kier molecular flexibility index (Phi) is 4.17.